The van der Waals surface area contributed by atoms with Crippen molar-refractivity contribution in [2.75, 3.05) is 5.32 Å². The van der Waals surface area contributed by atoms with E-state index in [0.29, 0.717) is 11.3 Å². The highest BCUT2D eigenvalue weighted by Gasteiger charge is 2.14. The summed E-state index contributed by atoms with van der Waals surface area (Å²) < 4.78 is 0.830. The number of anilines is 1. The first-order chi connectivity index (χ1) is 9.88. The first-order valence-corrected chi connectivity index (χ1v) is 7.07. The number of nitro groups is 1. The number of halogens is 2. The average Bonchev–Trinajstić information content (AvgIpc) is 2.41. The lowest BCUT2D eigenvalue weighted by molar-refractivity contribution is -0.384. The van der Waals surface area contributed by atoms with Gasteiger partial charge in [-0.2, -0.15) is 0 Å². The quantitative estimate of drug-likeness (QED) is 0.636. The smallest absolute Gasteiger partial charge is 0.288 e. The zero-order valence-electron chi connectivity index (χ0n) is 10.9. The number of nitrogens with zero attached hydrogens (tertiary/aromatic N) is 1. The van der Waals surface area contributed by atoms with Gasteiger partial charge in [-0.15, -0.1) is 0 Å². The molecule has 2 aromatic carbocycles. The van der Waals surface area contributed by atoms with Gasteiger partial charge in [0.25, 0.3) is 11.6 Å². The molecule has 0 atom stereocenters. The first-order valence-electron chi connectivity index (χ1n) is 5.90. The fourth-order valence-electron chi connectivity index (χ4n) is 1.67. The van der Waals surface area contributed by atoms with Crippen LogP contribution in [0, 0.1) is 17.0 Å². The molecule has 0 heterocycles. The van der Waals surface area contributed by atoms with Crippen molar-refractivity contribution >= 4 is 44.8 Å². The molecule has 0 radical (unpaired) electrons. The standard InChI is InChI=1S/C14H10BrClN2O3/c1-8-2-3-9(6-11(8)15)14(19)17-10-4-5-13(18(20)21)12(16)7-10/h2-7H,1H3,(H,17,19). The highest BCUT2D eigenvalue weighted by molar-refractivity contribution is 9.10. The third-order valence-electron chi connectivity index (χ3n) is 2.84. The van der Waals surface area contributed by atoms with Gasteiger partial charge >= 0.3 is 0 Å². The second-order valence-electron chi connectivity index (χ2n) is 4.34. The Balaban J connectivity index is 2.21. The monoisotopic (exact) mass is 368 g/mol. The Kier molecular flexibility index (Phi) is 4.59. The largest absolute Gasteiger partial charge is 0.322 e. The molecule has 0 saturated heterocycles. The van der Waals surface area contributed by atoms with Gasteiger partial charge in [-0.25, -0.2) is 0 Å². The molecule has 21 heavy (non-hydrogen) atoms. The molecular weight excluding hydrogens is 360 g/mol. The Morgan fingerprint density at radius 2 is 2.00 bits per heavy atom. The molecule has 0 aliphatic rings. The van der Waals surface area contributed by atoms with Crippen LogP contribution in [0.1, 0.15) is 15.9 Å². The van der Waals surface area contributed by atoms with Crippen molar-refractivity contribution in [1.29, 1.82) is 0 Å². The Morgan fingerprint density at radius 3 is 2.57 bits per heavy atom. The van der Waals surface area contributed by atoms with Crippen LogP contribution in [0.2, 0.25) is 5.02 Å². The van der Waals surface area contributed by atoms with Crippen molar-refractivity contribution in [1.82, 2.24) is 0 Å². The van der Waals surface area contributed by atoms with E-state index in [4.69, 9.17) is 11.6 Å². The minimum Gasteiger partial charge on any atom is -0.322 e. The number of amides is 1. The SMILES string of the molecule is Cc1ccc(C(=O)Nc2ccc([N+](=O)[O-])c(Cl)c2)cc1Br. The fraction of sp³-hybridized carbons (Fsp3) is 0.0714. The number of aryl methyl sites for hydroxylation is 1. The van der Waals surface area contributed by atoms with Gasteiger partial charge in [-0.1, -0.05) is 33.6 Å². The second kappa shape index (κ2) is 6.24. The minimum absolute atomic E-state index is 0.0251. The topological polar surface area (TPSA) is 72.2 Å². The van der Waals surface area contributed by atoms with Crippen molar-refractivity contribution in [3.8, 4) is 0 Å². The zero-order chi connectivity index (χ0) is 15.6. The molecule has 0 bridgehead atoms. The van der Waals surface area contributed by atoms with Crippen LogP contribution in [-0.4, -0.2) is 10.8 Å². The van der Waals surface area contributed by atoms with Crippen LogP contribution in [0.4, 0.5) is 11.4 Å². The molecule has 0 unspecified atom stereocenters. The number of carbonyl (C=O) groups excluding carboxylic acids is 1. The number of nitrogens with one attached hydrogen (secondary N) is 1. The maximum absolute atomic E-state index is 12.1. The molecule has 108 valence electrons. The summed E-state index contributed by atoms with van der Waals surface area (Å²) in [4.78, 5) is 22.2. The van der Waals surface area contributed by atoms with Crippen LogP contribution in [0.15, 0.2) is 40.9 Å². The van der Waals surface area contributed by atoms with Crippen LogP contribution in [-0.2, 0) is 0 Å². The zero-order valence-corrected chi connectivity index (χ0v) is 13.2. The normalized spacial score (nSPS) is 10.2. The third-order valence-corrected chi connectivity index (χ3v) is 3.99. The molecule has 2 rings (SSSR count). The summed E-state index contributed by atoms with van der Waals surface area (Å²) in [6.45, 7) is 1.92. The van der Waals surface area contributed by atoms with E-state index in [9.17, 15) is 14.9 Å². The summed E-state index contributed by atoms with van der Waals surface area (Å²) in [7, 11) is 0. The van der Waals surface area contributed by atoms with Crippen molar-refractivity contribution < 1.29 is 9.72 Å². The summed E-state index contributed by atoms with van der Waals surface area (Å²) in [5.74, 6) is -0.319. The van der Waals surface area contributed by atoms with E-state index in [2.05, 4.69) is 21.2 Å². The maximum Gasteiger partial charge on any atom is 0.288 e. The first kappa shape index (κ1) is 15.5. The molecule has 0 spiro atoms. The second-order valence-corrected chi connectivity index (χ2v) is 5.60. The number of hydrogen-bond donors (Lipinski definition) is 1. The molecular formula is C14H10BrClN2O3. The Bertz CT molecular complexity index is 734. The molecule has 5 nitrogen and oxygen atoms in total. The number of hydrogen-bond acceptors (Lipinski definition) is 3. The molecule has 1 amide bonds. The third kappa shape index (κ3) is 3.59. The van der Waals surface area contributed by atoms with E-state index in [1.165, 1.54) is 18.2 Å². The van der Waals surface area contributed by atoms with E-state index in [1.807, 2.05) is 13.0 Å². The Labute approximate surface area is 134 Å². The molecule has 0 aromatic heterocycles. The van der Waals surface area contributed by atoms with Crippen LogP contribution in [0.3, 0.4) is 0 Å². The van der Waals surface area contributed by atoms with Gasteiger partial charge in [0.2, 0.25) is 0 Å². The van der Waals surface area contributed by atoms with Gasteiger partial charge in [0, 0.05) is 21.8 Å². The number of benzene rings is 2. The van der Waals surface area contributed by atoms with Crippen LogP contribution < -0.4 is 5.32 Å². The molecule has 0 aliphatic heterocycles. The van der Waals surface area contributed by atoms with Gasteiger partial charge in [0.05, 0.1) is 4.92 Å². The van der Waals surface area contributed by atoms with E-state index in [1.54, 1.807) is 12.1 Å². The van der Waals surface area contributed by atoms with Gasteiger partial charge in [-0.05, 0) is 36.8 Å². The van der Waals surface area contributed by atoms with Crippen molar-refractivity contribution in [2.24, 2.45) is 0 Å². The molecule has 7 heteroatoms. The van der Waals surface area contributed by atoms with E-state index < -0.39 is 4.92 Å². The number of rotatable bonds is 3. The highest BCUT2D eigenvalue weighted by Crippen LogP contribution is 2.27. The van der Waals surface area contributed by atoms with Crippen molar-refractivity contribution in [2.45, 2.75) is 6.92 Å². The van der Waals surface area contributed by atoms with Crippen molar-refractivity contribution in [3.05, 3.63) is 67.1 Å². The number of carbonyl (C=O) groups is 1. The highest BCUT2D eigenvalue weighted by atomic mass is 79.9. The van der Waals surface area contributed by atoms with E-state index in [-0.39, 0.29) is 16.6 Å². The summed E-state index contributed by atoms with van der Waals surface area (Å²) in [5, 5.41) is 13.3. The summed E-state index contributed by atoms with van der Waals surface area (Å²) in [6, 6.07) is 9.26. The molecule has 0 saturated carbocycles. The summed E-state index contributed by atoms with van der Waals surface area (Å²) in [5.41, 5.74) is 1.69. The average molecular weight is 370 g/mol. The molecule has 2 aromatic rings. The van der Waals surface area contributed by atoms with E-state index >= 15 is 0 Å². The maximum atomic E-state index is 12.1. The molecule has 0 fully saturated rings. The number of nitro benzene ring substituents is 1. The van der Waals surface area contributed by atoms with Crippen molar-refractivity contribution in [3.63, 3.8) is 0 Å². The lowest BCUT2D eigenvalue weighted by Gasteiger charge is -2.07. The van der Waals surface area contributed by atoms with Crippen LogP contribution >= 0.6 is 27.5 Å². The Morgan fingerprint density at radius 1 is 1.29 bits per heavy atom. The minimum atomic E-state index is -0.578. The summed E-state index contributed by atoms with van der Waals surface area (Å²) >= 11 is 9.16. The lowest BCUT2D eigenvalue weighted by atomic mass is 10.1. The fourth-order valence-corrected chi connectivity index (χ4v) is 2.30. The predicted octanol–water partition coefficient (Wildman–Crippen LogP) is 4.57. The van der Waals surface area contributed by atoms with Crippen LogP contribution in [0.5, 0.6) is 0 Å². The van der Waals surface area contributed by atoms with Crippen LogP contribution in [0.25, 0.3) is 0 Å². The molecule has 1 N–H and O–H groups in total. The lowest BCUT2D eigenvalue weighted by Crippen LogP contribution is -2.12. The Hall–Kier alpha value is -1.92. The predicted molar refractivity (Wildman–Crippen MR) is 84.9 cm³/mol. The summed E-state index contributed by atoms with van der Waals surface area (Å²) in [6.07, 6.45) is 0. The van der Waals surface area contributed by atoms with Gasteiger partial charge < -0.3 is 5.32 Å². The molecule has 0 aliphatic carbocycles. The van der Waals surface area contributed by atoms with Gasteiger partial charge in [0.15, 0.2) is 0 Å². The van der Waals surface area contributed by atoms with E-state index in [0.717, 1.165) is 10.0 Å². The van der Waals surface area contributed by atoms with Gasteiger partial charge in [0.1, 0.15) is 5.02 Å². The van der Waals surface area contributed by atoms with Gasteiger partial charge in [-0.3, -0.25) is 14.9 Å².